The Balaban J connectivity index is 2.93. The fourth-order valence-electron chi connectivity index (χ4n) is 0.839. The second-order valence-corrected chi connectivity index (χ2v) is 2.95. The van der Waals surface area contributed by atoms with E-state index in [-0.39, 0.29) is 0 Å². The lowest BCUT2D eigenvalue weighted by atomic mass is 10.3. The predicted molar refractivity (Wildman–Crippen MR) is 44.6 cm³/mol. The number of carboxylic acids is 1. The zero-order valence-corrected chi connectivity index (χ0v) is 7.96. The molecule has 0 heterocycles. The summed E-state index contributed by atoms with van der Waals surface area (Å²) in [5, 5.41) is 7.93. The Morgan fingerprint density at radius 2 is 1.59 bits per heavy atom. The Labute approximate surface area is 91.4 Å². The molecule has 1 N–H and O–H groups in total. The van der Waals surface area contributed by atoms with Gasteiger partial charge in [-0.25, -0.2) is 9.18 Å². The molecule has 0 aliphatic heterocycles. The summed E-state index contributed by atoms with van der Waals surface area (Å²) in [6.45, 7) is 0. The van der Waals surface area contributed by atoms with Gasteiger partial charge in [0.25, 0.3) is 0 Å². The first kappa shape index (κ1) is 13.2. The van der Waals surface area contributed by atoms with Crippen molar-refractivity contribution in [1.82, 2.24) is 0 Å². The van der Waals surface area contributed by atoms with Gasteiger partial charge in [0.15, 0.2) is 0 Å². The van der Waals surface area contributed by atoms with E-state index in [0.717, 1.165) is 0 Å². The molecule has 0 spiro atoms. The fourth-order valence-corrected chi connectivity index (χ4v) is 0.839. The topological polar surface area (TPSA) is 46.5 Å². The third kappa shape index (κ3) is 2.63. The van der Waals surface area contributed by atoms with Crippen LogP contribution in [-0.2, 0) is 4.79 Å². The molecule has 0 fully saturated rings. The van der Waals surface area contributed by atoms with Gasteiger partial charge in [-0.3, -0.25) is 0 Å². The zero-order valence-electron chi connectivity index (χ0n) is 7.96. The maximum absolute atomic E-state index is 12.8. The van der Waals surface area contributed by atoms with E-state index in [1.165, 1.54) is 0 Å². The van der Waals surface area contributed by atoms with E-state index < -0.39 is 29.6 Å². The molecule has 0 aliphatic rings. The number of alkyl halides is 4. The van der Waals surface area contributed by atoms with Crippen molar-refractivity contribution < 1.29 is 36.6 Å². The molecule has 94 valence electrons. The Bertz CT molecular complexity index is 415. The standard InChI is InChI=1S/C9H5F5O3/c10-5-1-3-6(4-2-5)17-9(13,14)8(11,12)7(15)16/h1-4H,(H,15,16). The van der Waals surface area contributed by atoms with Gasteiger partial charge in [-0.2, -0.15) is 17.6 Å². The van der Waals surface area contributed by atoms with Gasteiger partial charge in [0.1, 0.15) is 11.6 Å². The van der Waals surface area contributed by atoms with Gasteiger partial charge in [-0.15, -0.1) is 0 Å². The summed E-state index contributed by atoms with van der Waals surface area (Å²) in [6.07, 6.45) is -5.24. The van der Waals surface area contributed by atoms with E-state index in [9.17, 15) is 26.7 Å². The van der Waals surface area contributed by atoms with Gasteiger partial charge in [0.05, 0.1) is 0 Å². The van der Waals surface area contributed by atoms with E-state index in [1.54, 1.807) is 0 Å². The minimum absolute atomic E-state index is 0.668. The number of ether oxygens (including phenoxy) is 1. The van der Waals surface area contributed by atoms with Gasteiger partial charge < -0.3 is 9.84 Å². The quantitative estimate of drug-likeness (QED) is 0.842. The number of aliphatic carboxylic acids is 1. The lowest BCUT2D eigenvalue weighted by Gasteiger charge is -2.23. The number of benzene rings is 1. The van der Waals surface area contributed by atoms with Crippen molar-refractivity contribution in [2.24, 2.45) is 0 Å². The number of hydrogen-bond donors (Lipinski definition) is 1. The lowest BCUT2D eigenvalue weighted by Crippen LogP contribution is -2.50. The maximum atomic E-state index is 12.8. The number of rotatable bonds is 4. The van der Waals surface area contributed by atoms with Crippen molar-refractivity contribution in [3.05, 3.63) is 30.1 Å². The van der Waals surface area contributed by atoms with Crippen molar-refractivity contribution >= 4 is 5.97 Å². The summed E-state index contributed by atoms with van der Waals surface area (Å²) in [4.78, 5) is 9.94. The molecule has 0 saturated carbocycles. The molecule has 17 heavy (non-hydrogen) atoms. The monoisotopic (exact) mass is 256 g/mol. The van der Waals surface area contributed by atoms with Crippen LogP contribution in [0, 0.1) is 5.82 Å². The first-order valence-electron chi connectivity index (χ1n) is 4.10. The Morgan fingerprint density at radius 3 is 2.00 bits per heavy atom. The van der Waals surface area contributed by atoms with Crippen molar-refractivity contribution in [3.8, 4) is 5.75 Å². The number of carbonyl (C=O) groups is 1. The average molecular weight is 256 g/mol. The van der Waals surface area contributed by atoms with Crippen molar-refractivity contribution in [1.29, 1.82) is 0 Å². The van der Waals surface area contributed by atoms with Crippen LogP contribution in [0.25, 0.3) is 0 Å². The predicted octanol–water partition coefficient (Wildman–Crippen LogP) is 2.52. The molecule has 0 amide bonds. The molecule has 0 radical (unpaired) electrons. The highest BCUT2D eigenvalue weighted by Crippen LogP contribution is 2.36. The van der Waals surface area contributed by atoms with Gasteiger partial charge in [0, 0.05) is 0 Å². The third-order valence-electron chi connectivity index (χ3n) is 1.69. The van der Waals surface area contributed by atoms with E-state index in [1.807, 2.05) is 0 Å². The normalized spacial score (nSPS) is 12.3. The van der Waals surface area contributed by atoms with Crippen molar-refractivity contribution in [3.63, 3.8) is 0 Å². The average Bonchev–Trinajstić information content (AvgIpc) is 2.20. The number of halogens is 5. The molecular weight excluding hydrogens is 251 g/mol. The highest BCUT2D eigenvalue weighted by molar-refractivity contribution is 5.76. The summed E-state index contributed by atoms with van der Waals surface area (Å²) in [5.74, 6) is -9.98. The van der Waals surface area contributed by atoms with Crippen LogP contribution in [0.5, 0.6) is 5.75 Å². The van der Waals surface area contributed by atoms with Crippen molar-refractivity contribution in [2.45, 2.75) is 12.0 Å². The largest absolute Gasteiger partial charge is 0.477 e. The van der Waals surface area contributed by atoms with Crippen LogP contribution in [-0.4, -0.2) is 23.1 Å². The van der Waals surface area contributed by atoms with E-state index in [4.69, 9.17) is 5.11 Å². The molecule has 0 atom stereocenters. The molecule has 0 bridgehead atoms. The Morgan fingerprint density at radius 1 is 1.12 bits per heavy atom. The minimum atomic E-state index is -5.39. The van der Waals surface area contributed by atoms with Crippen molar-refractivity contribution in [2.75, 3.05) is 0 Å². The summed E-state index contributed by atoms with van der Waals surface area (Å²) in [7, 11) is 0. The fraction of sp³-hybridized carbons (Fsp3) is 0.222. The van der Waals surface area contributed by atoms with Gasteiger partial charge in [-0.1, -0.05) is 0 Å². The Kier molecular flexibility index (Phi) is 3.25. The SMILES string of the molecule is O=C(O)C(F)(F)C(F)(F)Oc1ccc(F)cc1. The van der Waals surface area contributed by atoms with Gasteiger partial charge in [0.2, 0.25) is 0 Å². The summed E-state index contributed by atoms with van der Waals surface area (Å²) >= 11 is 0. The van der Waals surface area contributed by atoms with Crippen LogP contribution in [0.1, 0.15) is 0 Å². The second-order valence-electron chi connectivity index (χ2n) is 2.95. The summed E-state index contributed by atoms with van der Waals surface area (Å²) in [6, 6.07) is 2.73. The van der Waals surface area contributed by atoms with E-state index in [0.29, 0.717) is 24.3 Å². The van der Waals surface area contributed by atoms with Crippen LogP contribution < -0.4 is 4.74 Å². The third-order valence-corrected chi connectivity index (χ3v) is 1.69. The molecule has 1 aromatic carbocycles. The van der Waals surface area contributed by atoms with E-state index in [2.05, 4.69) is 4.74 Å². The molecule has 0 saturated heterocycles. The van der Waals surface area contributed by atoms with Crippen LogP contribution in [0.4, 0.5) is 22.0 Å². The first-order valence-corrected chi connectivity index (χ1v) is 4.10. The Hall–Kier alpha value is -1.86. The highest BCUT2D eigenvalue weighted by Gasteiger charge is 2.65. The van der Waals surface area contributed by atoms with Gasteiger partial charge in [-0.05, 0) is 24.3 Å². The van der Waals surface area contributed by atoms with Crippen LogP contribution in [0.15, 0.2) is 24.3 Å². The molecule has 0 aromatic heterocycles. The highest BCUT2D eigenvalue weighted by atomic mass is 19.3. The van der Waals surface area contributed by atoms with E-state index >= 15 is 0 Å². The number of hydrogen-bond acceptors (Lipinski definition) is 2. The van der Waals surface area contributed by atoms with Crippen LogP contribution in [0.2, 0.25) is 0 Å². The summed E-state index contributed by atoms with van der Waals surface area (Å²) in [5.41, 5.74) is 0. The van der Waals surface area contributed by atoms with Crippen LogP contribution in [0.3, 0.4) is 0 Å². The smallest absolute Gasteiger partial charge is 0.476 e. The molecule has 0 unspecified atom stereocenters. The molecule has 0 aliphatic carbocycles. The number of carboxylic acid groups (broad SMARTS) is 1. The molecular formula is C9H5F5O3. The molecule has 1 aromatic rings. The van der Waals surface area contributed by atoms with Crippen LogP contribution >= 0.6 is 0 Å². The molecule has 8 heteroatoms. The first-order chi connectivity index (χ1) is 7.67. The van der Waals surface area contributed by atoms with Gasteiger partial charge >= 0.3 is 18.0 Å². The lowest BCUT2D eigenvalue weighted by molar-refractivity contribution is -0.301. The minimum Gasteiger partial charge on any atom is -0.477 e. The summed E-state index contributed by atoms with van der Waals surface area (Å²) < 4.78 is 66.6. The maximum Gasteiger partial charge on any atom is 0.476 e. The molecule has 1 rings (SSSR count). The zero-order chi connectivity index (χ0) is 13.3. The molecule has 3 nitrogen and oxygen atoms in total. The second kappa shape index (κ2) is 4.19.